The van der Waals surface area contributed by atoms with Gasteiger partial charge in [0.05, 0.1) is 6.61 Å². The zero-order chi connectivity index (χ0) is 11.1. The molecule has 0 saturated heterocycles. The van der Waals surface area contributed by atoms with Gasteiger partial charge in [0.15, 0.2) is 5.11 Å². The molecule has 0 heterocycles. The highest BCUT2D eigenvalue weighted by Crippen LogP contribution is 1.90. The Hall–Kier alpha value is -1.17. The molecule has 80 valence electrons. The third-order valence-corrected chi connectivity index (χ3v) is 1.85. The van der Waals surface area contributed by atoms with Crippen molar-refractivity contribution in [3.05, 3.63) is 0 Å². The van der Waals surface area contributed by atoms with Crippen LogP contribution in [-0.4, -0.2) is 42.5 Å². The molecule has 0 aliphatic heterocycles. The molecule has 14 heavy (non-hydrogen) atoms. The summed E-state index contributed by atoms with van der Waals surface area (Å²) in [5.74, 6) is -0.432. The van der Waals surface area contributed by atoms with Gasteiger partial charge < -0.3 is 10.1 Å². The summed E-state index contributed by atoms with van der Waals surface area (Å²) in [4.78, 5) is 11.1. The highest BCUT2D eigenvalue weighted by atomic mass is 32.1. The number of rotatable bonds is 3. The van der Waals surface area contributed by atoms with Crippen molar-refractivity contribution >= 4 is 29.0 Å². The van der Waals surface area contributed by atoms with Gasteiger partial charge in [0.2, 0.25) is 0 Å². The van der Waals surface area contributed by atoms with E-state index in [9.17, 15) is 4.79 Å². The second-order valence-electron chi connectivity index (χ2n) is 2.48. The van der Waals surface area contributed by atoms with Crippen LogP contribution in [0.1, 0.15) is 13.8 Å². The molecule has 1 N–H and O–H groups in total. The topological polar surface area (TPSA) is 53.9 Å². The van der Waals surface area contributed by atoms with Crippen LogP contribution in [0.5, 0.6) is 0 Å². The Kier molecular flexibility index (Phi) is 5.78. The molecular formula is C8H15N3O2S. The lowest BCUT2D eigenvalue weighted by Crippen LogP contribution is -2.32. The number of carbonyl (C=O) groups excluding carboxylic acids is 1. The van der Waals surface area contributed by atoms with E-state index in [0.29, 0.717) is 11.7 Å². The second kappa shape index (κ2) is 6.31. The summed E-state index contributed by atoms with van der Waals surface area (Å²) in [5, 5.41) is 8.52. The monoisotopic (exact) mass is 217 g/mol. The Balaban J connectivity index is 4.35. The number of esters is 1. The molecule has 5 nitrogen and oxygen atoms in total. The SMILES string of the molecule is CCOC(=O)/C(C)=N\N(C)C(=S)NC. The maximum atomic E-state index is 11.1. The molecule has 0 aromatic rings. The van der Waals surface area contributed by atoms with Gasteiger partial charge in [-0.25, -0.2) is 9.80 Å². The van der Waals surface area contributed by atoms with Crippen LogP contribution in [0.2, 0.25) is 0 Å². The first-order chi connectivity index (χ1) is 6.52. The van der Waals surface area contributed by atoms with Crippen molar-refractivity contribution in [3.8, 4) is 0 Å². The average Bonchev–Trinajstić information content (AvgIpc) is 2.16. The highest BCUT2D eigenvalue weighted by molar-refractivity contribution is 7.80. The van der Waals surface area contributed by atoms with Gasteiger partial charge in [-0.2, -0.15) is 5.10 Å². The van der Waals surface area contributed by atoms with E-state index in [1.54, 1.807) is 27.9 Å². The molecule has 0 aliphatic carbocycles. The number of ether oxygens (including phenoxy) is 1. The number of hydrazone groups is 1. The lowest BCUT2D eigenvalue weighted by atomic mass is 10.4. The van der Waals surface area contributed by atoms with Crippen molar-refractivity contribution in [2.75, 3.05) is 20.7 Å². The fourth-order valence-electron chi connectivity index (χ4n) is 0.709. The number of hydrogen-bond acceptors (Lipinski definition) is 4. The first-order valence-corrected chi connectivity index (χ1v) is 4.61. The first kappa shape index (κ1) is 12.8. The van der Waals surface area contributed by atoms with E-state index < -0.39 is 5.97 Å². The number of thiocarbonyl (C=S) groups is 1. The molecule has 0 amide bonds. The maximum absolute atomic E-state index is 11.1. The smallest absolute Gasteiger partial charge is 0.354 e. The minimum Gasteiger partial charge on any atom is -0.461 e. The summed E-state index contributed by atoms with van der Waals surface area (Å²) in [6.45, 7) is 3.66. The molecule has 0 spiro atoms. The number of nitrogens with one attached hydrogen (secondary N) is 1. The average molecular weight is 217 g/mol. The largest absolute Gasteiger partial charge is 0.461 e. The molecule has 0 rings (SSSR count). The van der Waals surface area contributed by atoms with E-state index in [1.807, 2.05) is 0 Å². The number of nitrogens with zero attached hydrogens (tertiary/aromatic N) is 2. The van der Waals surface area contributed by atoms with Crippen molar-refractivity contribution in [1.29, 1.82) is 0 Å². The molecular weight excluding hydrogens is 202 g/mol. The minimum absolute atomic E-state index is 0.270. The maximum Gasteiger partial charge on any atom is 0.354 e. The van der Waals surface area contributed by atoms with Gasteiger partial charge in [0, 0.05) is 14.1 Å². The van der Waals surface area contributed by atoms with Crippen molar-refractivity contribution in [2.24, 2.45) is 5.10 Å². The number of carbonyl (C=O) groups is 1. The lowest BCUT2D eigenvalue weighted by molar-refractivity contribution is -0.135. The van der Waals surface area contributed by atoms with Crippen LogP contribution in [0.25, 0.3) is 0 Å². The van der Waals surface area contributed by atoms with Crippen LogP contribution in [0, 0.1) is 0 Å². The fraction of sp³-hybridized carbons (Fsp3) is 0.625. The van der Waals surface area contributed by atoms with E-state index in [-0.39, 0.29) is 5.71 Å². The molecule has 0 aromatic heterocycles. The van der Waals surface area contributed by atoms with Crippen LogP contribution in [0.15, 0.2) is 5.10 Å². The Labute approximate surface area is 89.1 Å². The molecule has 0 fully saturated rings. The molecule has 0 atom stereocenters. The fourth-order valence-corrected chi connectivity index (χ4v) is 0.749. The molecule has 0 unspecified atom stereocenters. The Morgan fingerprint density at radius 3 is 2.64 bits per heavy atom. The van der Waals surface area contributed by atoms with E-state index in [4.69, 9.17) is 17.0 Å². The van der Waals surface area contributed by atoms with E-state index >= 15 is 0 Å². The zero-order valence-electron chi connectivity index (χ0n) is 8.83. The van der Waals surface area contributed by atoms with Gasteiger partial charge in [-0.1, -0.05) is 0 Å². The Morgan fingerprint density at radius 2 is 2.21 bits per heavy atom. The quantitative estimate of drug-likeness (QED) is 0.320. The van der Waals surface area contributed by atoms with Crippen LogP contribution in [0.4, 0.5) is 0 Å². The highest BCUT2D eigenvalue weighted by Gasteiger charge is 2.08. The van der Waals surface area contributed by atoms with Crippen molar-refractivity contribution in [2.45, 2.75) is 13.8 Å². The summed E-state index contributed by atoms with van der Waals surface area (Å²) < 4.78 is 4.76. The van der Waals surface area contributed by atoms with Gasteiger partial charge in [0.1, 0.15) is 5.71 Å². The van der Waals surface area contributed by atoms with Crippen LogP contribution in [-0.2, 0) is 9.53 Å². The van der Waals surface area contributed by atoms with Crippen LogP contribution in [0.3, 0.4) is 0 Å². The molecule has 6 heteroatoms. The van der Waals surface area contributed by atoms with Crippen LogP contribution >= 0.6 is 12.2 Å². The van der Waals surface area contributed by atoms with Gasteiger partial charge >= 0.3 is 5.97 Å². The molecule has 0 saturated carbocycles. The van der Waals surface area contributed by atoms with Crippen molar-refractivity contribution in [1.82, 2.24) is 10.3 Å². The lowest BCUT2D eigenvalue weighted by Gasteiger charge is -2.13. The standard InChI is InChI=1S/C8H15N3O2S/c1-5-13-7(12)6(2)10-11(4)8(14)9-3/h5H2,1-4H3,(H,9,14)/b10-6-. The molecule has 0 aromatic carbocycles. The summed E-state index contributed by atoms with van der Waals surface area (Å²) >= 11 is 4.90. The van der Waals surface area contributed by atoms with E-state index in [2.05, 4.69) is 10.4 Å². The molecule has 0 radical (unpaired) electrons. The van der Waals surface area contributed by atoms with Gasteiger partial charge in [-0.3, -0.25) is 0 Å². The third kappa shape index (κ3) is 4.18. The predicted molar refractivity (Wildman–Crippen MR) is 59.2 cm³/mol. The summed E-state index contributed by atoms with van der Waals surface area (Å²) in [6.07, 6.45) is 0. The van der Waals surface area contributed by atoms with Gasteiger partial charge in [-0.05, 0) is 26.1 Å². The Morgan fingerprint density at radius 1 is 1.64 bits per heavy atom. The van der Waals surface area contributed by atoms with Crippen LogP contribution < -0.4 is 5.32 Å². The number of hydrogen-bond donors (Lipinski definition) is 1. The van der Waals surface area contributed by atoms with E-state index in [1.165, 1.54) is 5.01 Å². The minimum atomic E-state index is -0.432. The molecule has 0 aliphatic rings. The normalized spacial score (nSPS) is 10.7. The summed E-state index contributed by atoms with van der Waals surface area (Å²) in [6, 6.07) is 0. The van der Waals surface area contributed by atoms with Gasteiger partial charge in [-0.15, -0.1) is 0 Å². The second-order valence-corrected chi connectivity index (χ2v) is 2.87. The first-order valence-electron chi connectivity index (χ1n) is 4.20. The third-order valence-electron chi connectivity index (χ3n) is 1.38. The zero-order valence-corrected chi connectivity index (χ0v) is 9.64. The van der Waals surface area contributed by atoms with E-state index in [0.717, 1.165) is 0 Å². The van der Waals surface area contributed by atoms with Crippen molar-refractivity contribution < 1.29 is 9.53 Å². The summed E-state index contributed by atoms with van der Waals surface area (Å²) in [5.41, 5.74) is 0.270. The van der Waals surface area contributed by atoms with Crippen molar-refractivity contribution in [3.63, 3.8) is 0 Å². The summed E-state index contributed by atoms with van der Waals surface area (Å²) in [7, 11) is 3.34. The molecule has 0 bridgehead atoms. The van der Waals surface area contributed by atoms with Gasteiger partial charge in [0.25, 0.3) is 0 Å². The predicted octanol–water partition coefficient (Wildman–Crippen LogP) is 0.361. The Bertz CT molecular complexity index is 253.